The second-order valence-corrected chi connectivity index (χ2v) is 6.39. The highest BCUT2D eigenvalue weighted by Gasteiger charge is 2.21. The molecule has 3 heteroatoms. The smallest absolute Gasteiger partial charge is 0.123 e. The topological polar surface area (TPSA) is 12.0 Å². The minimum atomic E-state index is -0.197. The Morgan fingerprint density at radius 3 is 1.85 bits per heavy atom. The molecule has 0 fully saturated rings. The van der Waals surface area contributed by atoms with Crippen molar-refractivity contribution in [2.45, 2.75) is 13.0 Å². The van der Waals surface area contributed by atoms with Crippen LogP contribution >= 0.6 is 12.4 Å². The molecule has 4 rings (SSSR count). The Morgan fingerprint density at radius 2 is 1.31 bits per heavy atom. The van der Waals surface area contributed by atoms with Crippen LogP contribution in [0.1, 0.15) is 29.7 Å². The van der Waals surface area contributed by atoms with Gasteiger partial charge in [0.05, 0.1) is 0 Å². The van der Waals surface area contributed by atoms with Crippen molar-refractivity contribution in [3.63, 3.8) is 0 Å². The molecule has 0 bridgehead atoms. The van der Waals surface area contributed by atoms with Gasteiger partial charge in [0.2, 0.25) is 0 Å². The molecule has 1 atom stereocenters. The fraction of sp³-hybridized carbons (Fsp3) is 0.130. The minimum absolute atomic E-state index is 0. The third kappa shape index (κ3) is 3.44. The first-order valence-corrected chi connectivity index (χ1v) is 8.62. The van der Waals surface area contributed by atoms with Gasteiger partial charge in [-0.1, -0.05) is 66.7 Å². The second-order valence-electron chi connectivity index (χ2n) is 6.39. The van der Waals surface area contributed by atoms with Gasteiger partial charge >= 0.3 is 0 Å². The van der Waals surface area contributed by atoms with Gasteiger partial charge in [0, 0.05) is 12.6 Å². The molecule has 1 aliphatic rings. The average molecular weight is 366 g/mol. The summed E-state index contributed by atoms with van der Waals surface area (Å²) in [6, 6.07) is 24.0. The van der Waals surface area contributed by atoms with E-state index >= 15 is 0 Å². The normalized spacial score (nSPS) is 12.8. The molecule has 3 aromatic carbocycles. The highest BCUT2D eigenvalue weighted by atomic mass is 35.5. The summed E-state index contributed by atoms with van der Waals surface area (Å²) in [6.45, 7) is 2.86. The first kappa shape index (κ1) is 18.4. The van der Waals surface area contributed by atoms with Gasteiger partial charge in [-0.05, 0) is 52.4 Å². The lowest BCUT2D eigenvalue weighted by Crippen LogP contribution is -2.18. The molecule has 0 aliphatic heterocycles. The monoisotopic (exact) mass is 365 g/mol. The predicted octanol–water partition coefficient (Wildman–Crippen LogP) is 6.01. The zero-order valence-electron chi connectivity index (χ0n) is 14.6. The van der Waals surface area contributed by atoms with Crippen molar-refractivity contribution in [2.24, 2.45) is 0 Å². The summed E-state index contributed by atoms with van der Waals surface area (Å²) < 4.78 is 13.1. The number of rotatable bonds is 4. The second kappa shape index (κ2) is 7.86. The Labute approximate surface area is 160 Å². The van der Waals surface area contributed by atoms with E-state index in [4.69, 9.17) is 0 Å². The number of halogens is 2. The van der Waals surface area contributed by atoms with E-state index in [-0.39, 0.29) is 24.3 Å². The summed E-state index contributed by atoms with van der Waals surface area (Å²) in [5.74, 6) is -0.197. The van der Waals surface area contributed by atoms with Crippen LogP contribution in [0.25, 0.3) is 16.7 Å². The van der Waals surface area contributed by atoms with Crippen LogP contribution in [-0.2, 0) is 0 Å². The van der Waals surface area contributed by atoms with E-state index in [0.29, 0.717) is 0 Å². The van der Waals surface area contributed by atoms with E-state index in [0.717, 1.165) is 12.1 Å². The van der Waals surface area contributed by atoms with Gasteiger partial charge in [0.1, 0.15) is 5.82 Å². The fourth-order valence-electron chi connectivity index (χ4n) is 3.48. The van der Waals surface area contributed by atoms with Crippen LogP contribution in [0.2, 0.25) is 0 Å². The third-order valence-electron chi connectivity index (χ3n) is 4.82. The van der Waals surface area contributed by atoms with Gasteiger partial charge in [0.25, 0.3) is 0 Å². The van der Waals surface area contributed by atoms with Crippen molar-refractivity contribution >= 4 is 18.0 Å². The Bertz CT molecular complexity index is 883. The van der Waals surface area contributed by atoms with Crippen LogP contribution in [0.4, 0.5) is 4.39 Å². The first-order chi connectivity index (χ1) is 12.2. The van der Waals surface area contributed by atoms with Gasteiger partial charge < -0.3 is 5.32 Å². The van der Waals surface area contributed by atoms with Crippen LogP contribution in [-0.4, -0.2) is 6.54 Å². The van der Waals surface area contributed by atoms with E-state index in [1.807, 2.05) is 12.1 Å². The maximum Gasteiger partial charge on any atom is 0.123 e. The number of hydrogen-bond donors (Lipinski definition) is 1. The number of nitrogens with one attached hydrogen (secondary N) is 1. The molecule has 0 spiro atoms. The molecule has 0 unspecified atom stereocenters. The van der Waals surface area contributed by atoms with Crippen LogP contribution < -0.4 is 5.32 Å². The summed E-state index contributed by atoms with van der Waals surface area (Å²) in [5, 5.41) is 3.51. The summed E-state index contributed by atoms with van der Waals surface area (Å²) in [7, 11) is 0. The van der Waals surface area contributed by atoms with Crippen molar-refractivity contribution in [1.82, 2.24) is 5.32 Å². The van der Waals surface area contributed by atoms with Gasteiger partial charge in [-0.15, -0.1) is 12.4 Å². The SMILES string of the molecule is C[C@@H](NCC=C1c2ccccc2-c2ccccc21)c1ccc(F)cc1.Cl. The molecule has 1 nitrogen and oxygen atoms in total. The minimum Gasteiger partial charge on any atom is -0.307 e. The van der Waals surface area contributed by atoms with E-state index in [1.165, 1.54) is 40.0 Å². The number of fused-ring (bicyclic) bond motifs is 3. The zero-order chi connectivity index (χ0) is 17.2. The van der Waals surface area contributed by atoms with Crippen molar-refractivity contribution in [2.75, 3.05) is 6.54 Å². The van der Waals surface area contributed by atoms with Gasteiger partial charge in [-0.2, -0.15) is 0 Å². The van der Waals surface area contributed by atoms with Crippen molar-refractivity contribution in [3.05, 3.63) is 101 Å². The summed E-state index contributed by atoms with van der Waals surface area (Å²) in [5.41, 5.74) is 7.56. The molecule has 3 aromatic rings. The first-order valence-electron chi connectivity index (χ1n) is 8.62. The van der Waals surface area contributed by atoms with Crippen LogP contribution in [0.3, 0.4) is 0 Å². The highest BCUT2D eigenvalue weighted by molar-refractivity contribution is 6.01. The summed E-state index contributed by atoms with van der Waals surface area (Å²) >= 11 is 0. The predicted molar refractivity (Wildman–Crippen MR) is 109 cm³/mol. The highest BCUT2D eigenvalue weighted by Crippen LogP contribution is 2.43. The van der Waals surface area contributed by atoms with Gasteiger partial charge in [-0.3, -0.25) is 0 Å². The quantitative estimate of drug-likeness (QED) is 0.467. The summed E-state index contributed by atoms with van der Waals surface area (Å²) in [6.07, 6.45) is 2.25. The zero-order valence-corrected chi connectivity index (χ0v) is 15.4. The molecule has 26 heavy (non-hydrogen) atoms. The lowest BCUT2D eigenvalue weighted by molar-refractivity contribution is 0.606. The number of hydrogen-bond acceptors (Lipinski definition) is 1. The number of benzene rings is 3. The Kier molecular flexibility index (Phi) is 5.55. The molecular weight excluding hydrogens is 345 g/mol. The molecule has 1 N–H and O–H groups in total. The lowest BCUT2D eigenvalue weighted by Gasteiger charge is -2.13. The third-order valence-corrected chi connectivity index (χ3v) is 4.82. The van der Waals surface area contributed by atoms with Crippen molar-refractivity contribution < 1.29 is 4.39 Å². The van der Waals surface area contributed by atoms with Crippen LogP contribution in [0.15, 0.2) is 78.9 Å². The Balaban J connectivity index is 0.00000196. The Hall–Kier alpha value is -2.42. The molecule has 0 amide bonds. The molecule has 132 valence electrons. The molecular formula is C23H21ClFN. The maximum atomic E-state index is 13.1. The fourth-order valence-corrected chi connectivity index (χ4v) is 3.48. The largest absolute Gasteiger partial charge is 0.307 e. The van der Waals surface area contributed by atoms with E-state index < -0.39 is 0 Å². The van der Waals surface area contributed by atoms with Crippen molar-refractivity contribution in [3.8, 4) is 11.1 Å². The van der Waals surface area contributed by atoms with Crippen molar-refractivity contribution in [1.29, 1.82) is 0 Å². The van der Waals surface area contributed by atoms with Gasteiger partial charge in [0.15, 0.2) is 0 Å². The molecule has 0 radical (unpaired) electrons. The molecule has 0 saturated heterocycles. The van der Waals surface area contributed by atoms with Gasteiger partial charge in [-0.25, -0.2) is 4.39 Å². The van der Waals surface area contributed by atoms with Crippen LogP contribution in [0.5, 0.6) is 0 Å². The van der Waals surface area contributed by atoms with Crippen LogP contribution in [0, 0.1) is 5.82 Å². The molecule has 1 aliphatic carbocycles. The average Bonchev–Trinajstić information content (AvgIpc) is 2.97. The van der Waals surface area contributed by atoms with E-state index in [9.17, 15) is 4.39 Å². The Morgan fingerprint density at radius 1 is 0.808 bits per heavy atom. The summed E-state index contributed by atoms with van der Waals surface area (Å²) in [4.78, 5) is 0. The molecule has 0 heterocycles. The maximum absolute atomic E-state index is 13.1. The van der Waals surface area contributed by atoms with E-state index in [1.54, 1.807) is 0 Å². The molecule has 0 saturated carbocycles. The lowest BCUT2D eigenvalue weighted by atomic mass is 10.0. The standard InChI is InChI=1S/C23H20FN.ClH/c1-16(17-10-12-18(24)13-11-17)25-15-14-23-21-8-4-2-6-19(21)20-7-3-5-9-22(20)23;/h2-14,16,25H,15H2,1H3;1H/t16-;/m1./s1. The molecule has 0 aromatic heterocycles. The van der Waals surface area contributed by atoms with E-state index in [2.05, 4.69) is 66.8 Å².